The molecule has 21 heavy (non-hydrogen) atoms. The SMILES string of the molecule is Cc1ccc(C(O)CN2CCC3CCCCC3C2)c(C)c1. The molecule has 1 saturated carbocycles. The predicted molar refractivity (Wildman–Crippen MR) is 87.4 cm³/mol. The van der Waals surface area contributed by atoms with Gasteiger partial charge in [-0.1, -0.05) is 43.0 Å². The second-order valence-electron chi connectivity index (χ2n) is 7.23. The van der Waals surface area contributed by atoms with Crippen LogP contribution in [0.25, 0.3) is 0 Å². The molecular weight excluding hydrogens is 258 g/mol. The Morgan fingerprint density at radius 2 is 1.90 bits per heavy atom. The minimum atomic E-state index is -0.342. The van der Waals surface area contributed by atoms with Gasteiger partial charge in [0.05, 0.1) is 6.10 Å². The molecule has 1 saturated heterocycles. The van der Waals surface area contributed by atoms with Gasteiger partial charge in [0.1, 0.15) is 0 Å². The third kappa shape index (κ3) is 3.49. The number of piperidine rings is 1. The van der Waals surface area contributed by atoms with Crippen LogP contribution in [0.2, 0.25) is 0 Å². The summed E-state index contributed by atoms with van der Waals surface area (Å²) in [6, 6.07) is 6.38. The van der Waals surface area contributed by atoms with Crippen LogP contribution in [0.1, 0.15) is 54.9 Å². The van der Waals surface area contributed by atoms with Crippen LogP contribution in [-0.4, -0.2) is 29.6 Å². The summed E-state index contributed by atoms with van der Waals surface area (Å²) in [6.07, 6.45) is 6.69. The predicted octanol–water partition coefficient (Wildman–Crippen LogP) is 3.85. The fourth-order valence-corrected chi connectivity index (χ4v) is 4.38. The van der Waals surface area contributed by atoms with E-state index in [1.165, 1.54) is 56.3 Å². The summed E-state index contributed by atoms with van der Waals surface area (Å²) in [5.74, 6) is 1.85. The normalized spacial score (nSPS) is 28.1. The maximum Gasteiger partial charge on any atom is 0.0919 e. The van der Waals surface area contributed by atoms with E-state index in [-0.39, 0.29) is 6.10 Å². The lowest BCUT2D eigenvalue weighted by molar-refractivity contribution is 0.0458. The fraction of sp³-hybridized carbons (Fsp3) is 0.684. The molecule has 1 aromatic carbocycles. The Bertz CT molecular complexity index is 484. The van der Waals surface area contributed by atoms with Crippen LogP contribution < -0.4 is 0 Å². The molecule has 2 aliphatic rings. The van der Waals surface area contributed by atoms with E-state index < -0.39 is 0 Å². The van der Waals surface area contributed by atoms with E-state index in [0.717, 1.165) is 23.9 Å². The summed E-state index contributed by atoms with van der Waals surface area (Å²) in [7, 11) is 0. The smallest absolute Gasteiger partial charge is 0.0919 e. The Balaban J connectivity index is 1.61. The highest BCUT2D eigenvalue weighted by Crippen LogP contribution is 2.36. The molecule has 1 aliphatic carbocycles. The van der Waals surface area contributed by atoms with Gasteiger partial charge < -0.3 is 10.0 Å². The monoisotopic (exact) mass is 287 g/mol. The molecule has 0 radical (unpaired) electrons. The molecule has 0 bridgehead atoms. The highest BCUT2D eigenvalue weighted by atomic mass is 16.3. The van der Waals surface area contributed by atoms with E-state index in [1.807, 2.05) is 0 Å². The number of β-amino-alcohol motifs (C(OH)–C–C–N with tert-alkyl or cyclic N) is 1. The van der Waals surface area contributed by atoms with Gasteiger partial charge in [0.15, 0.2) is 0 Å². The Morgan fingerprint density at radius 3 is 2.67 bits per heavy atom. The van der Waals surface area contributed by atoms with Gasteiger partial charge in [0.25, 0.3) is 0 Å². The van der Waals surface area contributed by atoms with E-state index in [0.29, 0.717) is 0 Å². The van der Waals surface area contributed by atoms with Crippen molar-refractivity contribution < 1.29 is 5.11 Å². The summed E-state index contributed by atoms with van der Waals surface area (Å²) in [5, 5.41) is 10.6. The first kappa shape index (κ1) is 15.1. The first-order valence-electron chi connectivity index (χ1n) is 8.61. The summed E-state index contributed by atoms with van der Waals surface area (Å²) in [4.78, 5) is 2.50. The number of aryl methyl sites for hydroxylation is 2. The van der Waals surface area contributed by atoms with E-state index in [9.17, 15) is 5.11 Å². The van der Waals surface area contributed by atoms with Crippen LogP contribution in [0.15, 0.2) is 18.2 Å². The van der Waals surface area contributed by atoms with Gasteiger partial charge >= 0.3 is 0 Å². The van der Waals surface area contributed by atoms with Crippen molar-refractivity contribution in [1.82, 2.24) is 4.90 Å². The number of fused-ring (bicyclic) bond motifs is 1. The van der Waals surface area contributed by atoms with Gasteiger partial charge in [0.2, 0.25) is 0 Å². The number of benzene rings is 1. The molecule has 1 heterocycles. The van der Waals surface area contributed by atoms with Crippen molar-refractivity contribution >= 4 is 0 Å². The molecular formula is C19H29NO. The van der Waals surface area contributed by atoms with Crippen LogP contribution in [0, 0.1) is 25.7 Å². The Kier molecular flexibility index (Phi) is 4.66. The van der Waals surface area contributed by atoms with E-state index in [1.54, 1.807) is 0 Å². The molecule has 2 nitrogen and oxygen atoms in total. The topological polar surface area (TPSA) is 23.5 Å². The highest BCUT2D eigenvalue weighted by Gasteiger charge is 2.31. The van der Waals surface area contributed by atoms with Crippen molar-refractivity contribution in [2.75, 3.05) is 19.6 Å². The molecule has 2 fully saturated rings. The largest absolute Gasteiger partial charge is 0.387 e. The number of hydrogen-bond acceptors (Lipinski definition) is 2. The average molecular weight is 287 g/mol. The maximum absolute atomic E-state index is 10.6. The van der Waals surface area contributed by atoms with Crippen molar-refractivity contribution in [3.63, 3.8) is 0 Å². The lowest BCUT2D eigenvalue weighted by Gasteiger charge is -2.42. The van der Waals surface area contributed by atoms with Crippen molar-refractivity contribution in [3.8, 4) is 0 Å². The van der Waals surface area contributed by atoms with Gasteiger partial charge in [-0.3, -0.25) is 0 Å². The van der Waals surface area contributed by atoms with Crippen molar-refractivity contribution in [2.24, 2.45) is 11.8 Å². The van der Waals surface area contributed by atoms with Crippen LogP contribution in [0.5, 0.6) is 0 Å². The van der Waals surface area contributed by atoms with Crippen molar-refractivity contribution in [2.45, 2.75) is 52.1 Å². The molecule has 0 aromatic heterocycles. The van der Waals surface area contributed by atoms with Gasteiger partial charge in [-0.05, 0) is 56.2 Å². The number of rotatable bonds is 3. The van der Waals surface area contributed by atoms with Crippen LogP contribution in [0.4, 0.5) is 0 Å². The summed E-state index contributed by atoms with van der Waals surface area (Å²) in [6.45, 7) is 7.39. The second-order valence-corrected chi connectivity index (χ2v) is 7.23. The molecule has 116 valence electrons. The molecule has 1 aromatic rings. The maximum atomic E-state index is 10.6. The Labute approximate surface area is 129 Å². The second kappa shape index (κ2) is 6.50. The van der Waals surface area contributed by atoms with Crippen LogP contribution in [-0.2, 0) is 0 Å². The molecule has 2 heteroatoms. The van der Waals surface area contributed by atoms with E-state index >= 15 is 0 Å². The number of hydrogen-bond donors (Lipinski definition) is 1. The third-order valence-corrected chi connectivity index (χ3v) is 5.59. The summed E-state index contributed by atoms with van der Waals surface area (Å²) >= 11 is 0. The lowest BCUT2D eigenvalue weighted by Crippen LogP contribution is -2.43. The zero-order valence-corrected chi connectivity index (χ0v) is 13.5. The lowest BCUT2D eigenvalue weighted by atomic mass is 9.75. The first-order chi connectivity index (χ1) is 10.1. The molecule has 3 atom stereocenters. The average Bonchev–Trinajstić information content (AvgIpc) is 2.47. The van der Waals surface area contributed by atoms with Gasteiger partial charge in [0, 0.05) is 13.1 Å². The minimum Gasteiger partial charge on any atom is -0.387 e. The third-order valence-electron chi connectivity index (χ3n) is 5.59. The molecule has 1 aliphatic heterocycles. The standard InChI is InChI=1S/C19H29NO/c1-14-7-8-18(15(2)11-14)19(21)13-20-10-9-16-5-3-4-6-17(16)12-20/h7-8,11,16-17,19,21H,3-6,9-10,12-13H2,1-2H3. The van der Waals surface area contributed by atoms with E-state index in [4.69, 9.17) is 0 Å². The zero-order chi connectivity index (χ0) is 14.8. The highest BCUT2D eigenvalue weighted by molar-refractivity contribution is 5.32. The molecule has 1 N–H and O–H groups in total. The van der Waals surface area contributed by atoms with Gasteiger partial charge in [-0.2, -0.15) is 0 Å². The molecule has 3 unspecified atom stereocenters. The van der Waals surface area contributed by atoms with Gasteiger partial charge in [-0.25, -0.2) is 0 Å². The van der Waals surface area contributed by atoms with Crippen molar-refractivity contribution in [3.05, 3.63) is 34.9 Å². The quantitative estimate of drug-likeness (QED) is 0.913. The van der Waals surface area contributed by atoms with E-state index in [2.05, 4.69) is 36.9 Å². The number of aliphatic hydroxyl groups is 1. The number of nitrogens with zero attached hydrogens (tertiary/aromatic N) is 1. The molecule has 0 spiro atoms. The van der Waals surface area contributed by atoms with Crippen molar-refractivity contribution in [1.29, 1.82) is 0 Å². The molecule has 0 amide bonds. The zero-order valence-electron chi connectivity index (χ0n) is 13.5. The number of aliphatic hydroxyl groups excluding tert-OH is 1. The summed E-state index contributed by atoms with van der Waals surface area (Å²) < 4.78 is 0. The fourth-order valence-electron chi connectivity index (χ4n) is 4.38. The number of likely N-dealkylation sites (tertiary alicyclic amines) is 1. The summed E-state index contributed by atoms with van der Waals surface area (Å²) in [5.41, 5.74) is 3.59. The minimum absolute atomic E-state index is 0.342. The Morgan fingerprint density at radius 1 is 1.14 bits per heavy atom. The van der Waals surface area contributed by atoms with Crippen LogP contribution >= 0.6 is 0 Å². The Hall–Kier alpha value is -0.860. The van der Waals surface area contributed by atoms with Gasteiger partial charge in [-0.15, -0.1) is 0 Å². The first-order valence-corrected chi connectivity index (χ1v) is 8.61. The van der Waals surface area contributed by atoms with Crippen LogP contribution in [0.3, 0.4) is 0 Å². The molecule has 3 rings (SSSR count).